The summed E-state index contributed by atoms with van der Waals surface area (Å²) in [5.41, 5.74) is 3.10. The Balaban J connectivity index is 2.45. The van der Waals surface area contributed by atoms with Crippen molar-refractivity contribution in [2.45, 2.75) is 39.0 Å². The van der Waals surface area contributed by atoms with Crippen LogP contribution in [-0.4, -0.2) is 17.2 Å². The number of hydrogen-bond acceptors (Lipinski definition) is 2. The Labute approximate surface area is 124 Å². The molecule has 2 bridgehead atoms. The fourth-order valence-electron chi connectivity index (χ4n) is 3.26. The van der Waals surface area contributed by atoms with Crippen LogP contribution in [0.15, 0.2) is 29.3 Å². The molecule has 3 nitrogen and oxygen atoms in total. The molecule has 0 unspecified atom stereocenters. The van der Waals surface area contributed by atoms with Gasteiger partial charge in [0, 0.05) is 23.4 Å². The van der Waals surface area contributed by atoms with Gasteiger partial charge in [-0.05, 0) is 47.6 Å². The first-order chi connectivity index (χ1) is 9.90. The number of aryl methyl sites for hydroxylation is 1. The van der Waals surface area contributed by atoms with Crippen LogP contribution in [0.25, 0.3) is 10.8 Å². The van der Waals surface area contributed by atoms with Gasteiger partial charge in [0.1, 0.15) is 5.75 Å². The summed E-state index contributed by atoms with van der Waals surface area (Å²) < 4.78 is 0. The number of nitrogens with zero attached hydrogens (tertiary/aromatic N) is 1. The molecule has 0 aliphatic carbocycles. The highest BCUT2D eigenvalue weighted by Gasteiger charge is 2.26. The molecule has 1 aliphatic heterocycles. The van der Waals surface area contributed by atoms with Gasteiger partial charge in [0.2, 0.25) is 5.91 Å². The van der Waals surface area contributed by atoms with Crippen molar-refractivity contribution in [2.24, 2.45) is 4.99 Å². The first kappa shape index (κ1) is 13.8. The Morgan fingerprint density at radius 1 is 1.19 bits per heavy atom. The quantitative estimate of drug-likeness (QED) is 0.801. The lowest BCUT2D eigenvalue weighted by Gasteiger charge is -2.26. The van der Waals surface area contributed by atoms with Crippen molar-refractivity contribution in [1.29, 1.82) is 0 Å². The number of amides is 1. The van der Waals surface area contributed by atoms with Crippen LogP contribution in [0.2, 0.25) is 0 Å². The van der Waals surface area contributed by atoms with Gasteiger partial charge in [0.15, 0.2) is 0 Å². The van der Waals surface area contributed by atoms with E-state index in [-0.39, 0.29) is 17.1 Å². The smallest absolute Gasteiger partial charge is 0.245 e. The molecule has 3 heteroatoms. The Hall–Kier alpha value is -2.16. The Morgan fingerprint density at radius 2 is 1.95 bits per heavy atom. The number of fused-ring (bicyclic) bond motifs is 4. The predicted molar refractivity (Wildman–Crippen MR) is 85.2 cm³/mol. The number of phenolic OH excluding ortho intramolecular Hbond substituents is 1. The van der Waals surface area contributed by atoms with Gasteiger partial charge in [-0.1, -0.05) is 26.0 Å². The summed E-state index contributed by atoms with van der Waals surface area (Å²) in [4.78, 5) is 15.9. The van der Waals surface area contributed by atoms with Crippen molar-refractivity contribution in [3.8, 4) is 5.75 Å². The summed E-state index contributed by atoms with van der Waals surface area (Å²) in [6.45, 7) is 6.22. The van der Waals surface area contributed by atoms with E-state index in [4.69, 9.17) is 0 Å². The average molecular weight is 281 g/mol. The summed E-state index contributed by atoms with van der Waals surface area (Å²) in [6.07, 6.45) is 2.82. The number of aliphatic imine (C=N–C) groups is 1. The molecule has 3 rings (SSSR count). The van der Waals surface area contributed by atoms with E-state index in [2.05, 4.69) is 25.8 Å². The van der Waals surface area contributed by atoms with Crippen LogP contribution in [0.4, 0.5) is 0 Å². The molecule has 0 atom stereocenters. The number of phenols is 1. The van der Waals surface area contributed by atoms with Crippen LogP contribution >= 0.6 is 0 Å². The van der Waals surface area contributed by atoms with E-state index in [1.807, 2.05) is 18.2 Å². The molecule has 0 aromatic heterocycles. The Morgan fingerprint density at radius 3 is 2.71 bits per heavy atom. The monoisotopic (exact) mass is 281 g/mol. The van der Waals surface area contributed by atoms with Crippen molar-refractivity contribution in [1.82, 2.24) is 0 Å². The highest BCUT2D eigenvalue weighted by Crippen LogP contribution is 2.38. The second-order valence-corrected chi connectivity index (χ2v) is 6.28. The minimum Gasteiger partial charge on any atom is -0.507 e. The lowest BCUT2D eigenvalue weighted by Crippen LogP contribution is -2.21. The lowest BCUT2D eigenvalue weighted by atomic mass is 9.78. The van der Waals surface area contributed by atoms with Crippen LogP contribution < -0.4 is 0 Å². The van der Waals surface area contributed by atoms with Crippen LogP contribution in [0.1, 0.15) is 37.0 Å². The molecule has 1 N–H and O–H groups in total. The summed E-state index contributed by atoms with van der Waals surface area (Å²) in [5.74, 6) is 0.200. The zero-order valence-electron chi connectivity index (χ0n) is 12.6. The van der Waals surface area contributed by atoms with Gasteiger partial charge < -0.3 is 5.11 Å². The van der Waals surface area contributed by atoms with Crippen LogP contribution in [0.5, 0.6) is 5.75 Å². The number of benzene rings is 2. The maximum absolute atomic E-state index is 11.8. The highest BCUT2D eigenvalue weighted by atomic mass is 16.3. The predicted octanol–water partition coefficient (Wildman–Crippen LogP) is 3.68. The normalized spacial score (nSPS) is 18.9. The second kappa shape index (κ2) is 4.69. The van der Waals surface area contributed by atoms with Crippen molar-refractivity contribution < 1.29 is 9.90 Å². The van der Waals surface area contributed by atoms with E-state index < -0.39 is 0 Å². The van der Waals surface area contributed by atoms with Gasteiger partial charge in [-0.2, -0.15) is 0 Å². The SMILES string of the molecule is Cc1c2cc3c(O)cccc3c1C(C)(C)/C=N/C(=O)CC2. The number of aromatic hydroxyl groups is 1. The van der Waals surface area contributed by atoms with Gasteiger partial charge in [0.05, 0.1) is 0 Å². The molecular formula is C18H19NO2. The minimum absolute atomic E-state index is 0.0850. The molecule has 1 heterocycles. The molecule has 1 aliphatic rings. The first-order valence-corrected chi connectivity index (χ1v) is 7.23. The van der Waals surface area contributed by atoms with Gasteiger partial charge in [-0.3, -0.25) is 4.79 Å². The van der Waals surface area contributed by atoms with Gasteiger partial charge in [-0.15, -0.1) is 0 Å². The fraction of sp³-hybridized carbons (Fsp3) is 0.333. The zero-order chi connectivity index (χ0) is 15.2. The van der Waals surface area contributed by atoms with Crippen LogP contribution in [0.3, 0.4) is 0 Å². The third-order valence-electron chi connectivity index (χ3n) is 4.31. The fourth-order valence-corrected chi connectivity index (χ4v) is 3.26. The topological polar surface area (TPSA) is 49.7 Å². The van der Waals surface area contributed by atoms with Crippen molar-refractivity contribution in [3.63, 3.8) is 0 Å². The van der Waals surface area contributed by atoms with Gasteiger partial charge in [-0.25, -0.2) is 4.99 Å². The average Bonchev–Trinajstić information content (AvgIpc) is 2.45. The molecular weight excluding hydrogens is 262 g/mol. The minimum atomic E-state index is -0.355. The van der Waals surface area contributed by atoms with Crippen LogP contribution in [-0.2, 0) is 16.6 Å². The summed E-state index contributed by atoms with van der Waals surface area (Å²) in [7, 11) is 0. The Bertz CT molecular complexity index is 772. The van der Waals surface area contributed by atoms with E-state index in [0.29, 0.717) is 12.8 Å². The maximum atomic E-state index is 11.8. The van der Waals surface area contributed by atoms with Crippen molar-refractivity contribution >= 4 is 22.9 Å². The second-order valence-electron chi connectivity index (χ2n) is 6.28. The molecule has 0 fully saturated rings. The largest absolute Gasteiger partial charge is 0.507 e. The van der Waals surface area contributed by atoms with Gasteiger partial charge in [0.25, 0.3) is 0 Å². The highest BCUT2D eigenvalue weighted by molar-refractivity contribution is 5.98. The molecule has 2 aromatic rings. The summed E-state index contributed by atoms with van der Waals surface area (Å²) in [5, 5.41) is 12.1. The van der Waals surface area contributed by atoms with Crippen molar-refractivity contribution in [3.05, 3.63) is 41.0 Å². The molecule has 1 amide bonds. The molecule has 2 aromatic carbocycles. The maximum Gasteiger partial charge on any atom is 0.245 e. The summed E-state index contributed by atoms with van der Waals surface area (Å²) >= 11 is 0. The molecule has 0 radical (unpaired) electrons. The van der Waals surface area contributed by atoms with E-state index in [1.54, 1.807) is 12.3 Å². The van der Waals surface area contributed by atoms with E-state index >= 15 is 0 Å². The van der Waals surface area contributed by atoms with E-state index in [1.165, 1.54) is 5.56 Å². The molecule has 0 saturated carbocycles. The molecule has 0 spiro atoms. The molecule has 21 heavy (non-hydrogen) atoms. The number of carbonyl (C=O) groups is 1. The lowest BCUT2D eigenvalue weighted by molar-refractivity contribution is -0.117. The first-order valence-electron chi connectivity index (χ1n) is 7.23. The molecule has 0 saturated heterocycles. The van der Waals surface area contributed by atoms with Crippen LogP contribution in [0, 0.1) is 6.92 Å². The number of rotatable bonds is 0. The Kier molecular flexibility index (Phi) is 3.08. The molecule has 108 valence electrons. The number of hydrogen-bond donors (Lipinski definition) is 1. The standard InChI is InChI=1S/C18H19NO2/c1-11-12-7-8-16(21)19-10-18(2,3)17(11)13-5-4-6-15(20)14(13)9-12/h4-6,9-10,20H,7-8H2,1-3H3/b19-10+. The van der Waals surface area contributed by atoms with E-state index in [9.17, 15) is 9.90 Å². The van der Waals surface area contributed by atoms with Crippen molar-refractivity contribution in [2.75, 3.05) is 0 Å². The number of carbonyl (C=O) groups excluding carboxylic acids is 1. The summed E-state index contributed by atoms with van der Waals surface area (Å²) in [6, 6.07) is 7.60. The van der Waals surface area contributed by atoms with E-state index in [0.717, 1.165) is 21.9 Å². The van der Waals surface area contributed by atoms with Gasteiger partial charge >= 0.3 is 0 Å². The third-order valence-corrected chi connectivity index (χ3v) is 4.31. The third kappa shape index (κ3) is 2.23. The zero-order valence-corrected chi connectivity index (χ0v) is 12.6.